The SMILES string of the molecule is COc1ccc(C2CC(=O)Nc3nn4c(C)cc(C)nc4c32)cc1C(=O)O. The third kappa shape index (κ3) is 2.69. The molecule has 138 valence electrons. The highest BCUT2D eigenvalue weighted by molar-refractivity contribution is 5.96. The zero-order valence-electron chi connectivity index (χ0n) is 15.1. The third-order valence-electron chi connectivity index (χ3n) is 4.78. The molecular weight excluding hydrogens is 348 g/mol. The Morgan fingerprint density at radius 2 is 2.11 bits per heavy atom. The van der Waals surface area contributed by atoms with Crippen LogP contribution in [0.1, 0.15) is 45.2 Å². The van der Waals surface area contributed by atoms with Gasteiger partial charge in [0.1, 0.15) is 11.3 Å². The van der Waals surface area contributed by atoms with Gasteiger partial charge in [-0.1, -0.05) is 6.07 Å². The number of anilines is 1. The summed E-state index contributed by atoms with van der Waals surface area (Å²) in [6, 6.07) is 6.86. The minimum atomic E-state index is -1.08. The van der Waals surface area contributed by atoms with Crippen LogP contribution in [0.3, 0.4) is 0 Å². The van der Waals surface area contributed by atoms with Gasteiger partial charge < -0.3 is 15.2 Å². The van der Waals surface area contributed by atoms with E-state index in [2.05, 4.69) is 15.4 Å². The summed E-state index contributed by atoms with van der Waals surface area (Å²) in [5.74, 6) is -0.859. The van der Waals surface area contributed by atoms with E-state index in [4.69, 9.17) is 4.74 Å². The van der Waals surface area contributed by atoms with Crippen LogP contribution in [-0.4, -0.2) is 38.7 Å². The van der Waals surface area contributed by atoms with Crippen molar-refractivity contribution in [2.24, 2.45) is 0 Å². The van der Waals surface area contributed by atoms with Gasteiger partial charge in [-0.2, -0.15) is 0 Å². The van der Waals surface area contributed by atoms with Crippen molar-refractivity contribution in [1.29, 1.82) is 0 Å². The number of methoxy groups -OCH3 is 1. The first kappa shape index (κ1) is 17.0. The number of carbonyl (C=O) groups is 2. The monoisotopic (exact) mass is 366 g/mol. The number of nitrogens with one attached hydrogen (secondary N) is 1. The number of rotatable bonds is 3. The number of benzene rings is 1. The van der Waals surface area contributed by atoms with Crippen molar-refractivity contribution in [3.63, 3.8) is 0 Å². The zero-order chi connectivity index (χ0) is 19.3. The highest BCUT2D eigenvalue weighted by atomic mass is 16.5. The number of fused-ring (bicyclic) bond motifs is 3. The summed E-state index contributed by atoms with van der Waals surface area (Å²) in [4.78, 5) is 28.5. The van der Waals surface area contributed by atoms with Gasteiger partial charge in [-0.05, 0) is 37.6 Å². The number of aromatic nitrogens is 3. The smallest absolute Gasteiger partial charge is 0.339 e. The fourth-order valence-corrected chi connectivity index (χ4v) is 3.62. The Morgan fingerprint density at radius 1 is 1.33 bits per heavy atom. The Labute approximate surface area is 154 Å². The van der Waals surface area contributed by atoms with Crippen LogP contribution in [0.5, 0.6) is 5.75 Å². The van der Waals surface area contributed by atoms with Crippen molar-refractivity contribution in [3.05, 3.63) is 52.3 Å². The zero-order valence-corrected chi connectivity index (χ0v) is 15.1. The van der Waals surface area contributed by atoms with Crippen molar-refractivity contribution in [1.82, 2.24) is 14.6 Å². The highest BCUT2D eigenvalue weighted by Gasteiger charge is 2.33. The molecule has 2 N–H and O–H groups in total. The molecule has 0 saturated carbocycles. The topological polar surface area (TPSA) is 106 Å². The maximum Gasteiger partial charge on any atom is 0.339 e. The second-order valence-electron chi connectivity index (χ2n) is 6.61. The second-order valence-corrected chi connectivity index (χ2v) is 6.61. The summed E-state index contributed by atoms with van der Waals surface area (Å²) < 4.78 is 6.84. The molecule has 0 radical (unpaired) electrons. The molecule has 0 aliphatic carbocycles. The molecule has 8 nitrogen and oxygen atoms in total. The van der Waals surface area contributed by atoms with E-state index in [1.807, 2.05) is 19.9 Å². The summed E-state index contributed by atoms with van der Waals surface area (Å²) in [5.41, 5.74) is 3.97. The van der Waals surface area contributed by atoms with E-state index < -0.39 is 5.97 Å². The molecule has 1 aliphatic heterocycles. The number of nitrogens with zero attached hydrogens (tertiary/aromatic N) is 3. The number of amides is 1. The Morgan fingerprint density at radius 3 is 2.81 bits per heavy atom. The first-order valence-corrected chi connectivity index (χ1v) is 8.47. The molecule has 27 heavy (non-hydrogen) atoms. The van der Waals surface area contributed by atoms with Crippen LogP contribution < -0.4 is 10.1 Å². The largest absolute Gasteiger partial charge is 0.496 e. The molecule has 3 aromatic rings. The van der Waals surface area contributed by atoms with Crippen molar-refractivity contribution in [2.75, 3.05) is 12.4 Å². The number of hydrogen-bond acceptors (Lipinski definition) is 5. The Hall–Kier alpha value is -3.42. The standard InChI is InChI=1S/C19H18N4O4/c1-9-6-10(2)23-18(20-9)16-12(8-15(24)21-17(16)22-23)11-4-5-14(27-3)13(7-11)19(25)26/h4-7,12H,8H2,1-3H3,(H,25,26)(H,21,22,24). The maximum atomic E-state index is 12.3. The first-order valence-electron chi connectivity index (χ1n) is 8.47. The van der Waals surface area contributed by atoms with Crippen molar-refractivity contribution >= 4 is 23.3 Å². The van der Waals surface area contributed by atoms with Gasteiger partial charge in [-0.15, -0.1) is 5.10 Å². The molecule has 0 bridgehead atoms. The van der Waals surface area contributed by atoms with Crippen LogP contribution in [0.25, 0.3) is 5.65 Å². The Balaban J connectivity index is 1.95. The van der Waals surface area contributed by atoms with Gasteiger partial charge in [0.25, 0.3) is 0 Å². The van der Waals surface area contributed by atoms with Crippen LogP contribution in [0.2, 0.25) is 0 Å². The minimum Gasteiger partial charge on any atom is -0.496 e. The van der Waals surface area contributed by atoms with Crippen LogP contribution >= 0.6 is 0 Å². The van der Waals surface area contributed by atoms with Crippen molar-refractivity contribution in [2.45, 2.75) is 26.2 Å². The van der Waals surface area contributed by atoms with Crippen LogP contribution in [0.15, 0.2) is 24.3 Å². The Kier molecular flexibility index (Phi) is 3.83. The Bertz CT molecular complexity index is 1100. The van der Waals surface area contributed by atoms with Crippen LogP contribution in [0, 0.1) is 13.8 Å². The lowest BCUT2D eigenvalue weighted by molar-refractivity contribution is -0.116. The van der Waals surface area contributed by atoms with Gasteiger partial charge in [0.15, 0.2) is 11.5 Å². The van der Waals surface area contributed by atoms with Crippen LogP contribution in [0.4, 0.5) is 5.82 Å². The normalized spacial score (nSPS) is 16.1. The number of hydrogen-bond donors (Lipinski definition) is 2. The van der Waals surface area contributed by atoms with E-state index in [0.29, 0.717) is 17.0 Å². The molecule has 8 heteroatoms. The number of carboxylic acid groups (broad SMARTS) is 1. The van der Waals surface area contributed by atoms with E-state index in [-0.39, 0.29) is 29.6 Å². The molecule has 2 aromatic heterocycles. The molecule has 0 fully saturated rings. The summed E-state index contributed by atoms with van der Waals surface area (Å²) in [7, 11) is 1.42. The fraction of sp³-hybridized carbons (Fsp3) is 0.263. The molecule has 0 spiro atoms. The van der Waals surface area contributed by atoms with Crippen LogP contribution in [-0.2, 0) is 4.79 Å². The van der Waals surface area contributed by atoms with E-state index >= 15 is 0 Å². The number of carboxylic acids is 1. The van der Waals surface area contributed by atoms with Gasteiger partial charge >= 0.3 is 5.97 Å². The van der Waals surface area contributed by atoms with Crippen molar-refractivity contribution in [3.8, 4) is 5.75 Å². The molecule has 3 heterocycles. The fourth-order valence-electron chi connectivity index (χ4n) is 3.62. The van der Waals surface area contributed by atoms with Gasteiger partial charge in [0, 0.05) is 29.3 Å². The average molecular weight is 366 g/mol. The quantitative estimate of drug-likeness (QED) is 0.738. The second kappa shape index (κ2) is 6.08. The minimum absolute atomic E-state index is 0.0549. The first-order chi connectivity index (χ1) is 12.9. The molecule has 0 saturated heterocycles. The lowest BCUT2D eigenvalue weighted by atomic mass is 9.86. The van der Waals surface area contributed by atoms with E-state index in [1.54, 1.807) is 22.7 Å². The molecule has 1 aromatic carbocycles. The highest BCUT2D eigenvalue weighted by Crippen LogP contribution is 2.40. The number of aryl methyl sites for hydroxylation is 2. The predicted octanol–water partition coefficient (Wildman–Crippen LogP) is 2.53. The van der Waals surface area contributed by atoms with Gasteiger partial charge in [-0.3, -0.25) is 4.79 Å². The van der Waals surface area contributed by atoms with E-state index in [0.717, 1.165) is 17.0 Å². The lowest BCUT2D eigenvalue weighted by Crippen LogP contribution is -2.23. The molecular formula is C19H18N4O4. The maximum absolute atomic E-state index is 12.3. The number of aromatic carboxylic acids is 1. The van der Waals surface area contributed by atoms with Crippen molar-refractivity contribution < 1.29 is 19.4 Å². The predicted molar refractivity (Wildman–Crippen MR) is 97.5 cm³/mol. The van der Waals surface area contributed by atoms with Gasteiger partial charge in [-0.25, -0.2) is 14.3 Å². The third-order valence-corrected chi connectivity index (χ3v) is 4.78. The number of carbonyl (C=O) groups excluding carboxylic acids is 1. The molecule has 4 rings (SSSR count). The summed E-state index contributed by atoms with van der Waals surface area (Å²) in [6.07, 6.45) is 0.189. The average Bonchev–Trinajstić information content (AvgIpc) is 2.99. The van der Waals surface area contributed by atoms with Gasteiger partial charge in [0.05, 0.1) is 7.11 Å². The lowest BCUT2D eigenvalue weighted by Gasteiger charge is -2.22. The molecule has 1 atom stereocenters. The summed E-state index contributed by atoms with van der Waals surface area (Å²) in [6.45, 7) is 3.82. The molecule has 1 unspecified atom stereocenters. The molecule has 1 amide bonds. The number of ether oxygens (including phenoxy) is 1. The van der Waals surface area contributed by atoms with E-state index in [9.17, 15) is 14.7 Å². The summed E-state index contributed by atoms with van der Waals surface area (Å²) >= 11 is 0. The molecule has 1 aliphatic rings. The van der Waals surface area contributed by atoms with E-state index in [1.165, 1.54) is 7.11 Å². The summed E-state index contributed by atoms with van der Waals surface area (Å²) in [5, 5.41) is 16.8. The van der Waals surface area contributed by atoms with Gasteiger partial charge in [0.2, 0.25) is 5.91 Å².